The molecule has 1 aliphatic carbocycles. The Morgan fingerprint density at radius 3 is 2.43 bits per heavy atom. The topological polar surface area (TPSA) is 24.5 Å². The van der Waals surface area contributed by atoms with E-state index < -0.39 is 0 Å². The van der Waals surface area contributed by atoms with Crippen molar-refractivity contribution in [3.8, 4) is 0 Å². The van der Waals surface area contributed by atoms with E-state index in [1.807, 2.05) is 0 Å². The molecule has 1 unspecified atom stereocenters. The predicted molar refractivity (Wildman–Crippen MR) is 89.7 cm³/mol. The van der Waals surface area contributed by atoms with Crippen LogP contribution in [0.5, 0.6) is 0 Å². The number of ether oxygens (including phenoxy) is 1. The van der Waals surface area contributed by atoms with Crippen LogP contribution in [-0.2, 0) is 4.74 Å². The maximum atomic E-state index is 6.07. The number of rotatable bonds is 5. The van der Waals surface area contributed by atoms with E-state index in [0.29, 0.717) is 17.6 Å². The SMILES string of the molecule is CC(C)NCC1(CN2CC(C)OC(C)(C)C2)CCCCC1. The largest absolute Gasteiger partial charge is 0.370 e. The lowest BCUT2D eigenvalue weighted by Gasteiger charge is -2.47. The molecule has 0 radical (unpaired) electrons. The number of hydrogen-bond acceptors (Lipinski definition) is 3. The van der Waals surface area contributed by atoms with Crippen LogP contribution in [-0.4, -0.2) is 48.8 Å². The lowest BCUT2D eigenvalue weighted by atomic mass is 9.73. The molecular formula is C18H36N2O. The zero-order chi connectivity index (χ0) is 15.5. The van der Waals surface area contributed by atoms with Crippen molar-refractivity contribution in [2.45, 2.75) is 84.5 Å². The van der Waals surface area contributed by atoms with Gasteiger partial charge in [0.05, 0.1) is 11.7 Å². The second kappa shape index (κ2) is 6.97. The van der Waals surface area contributed by atoms with Gasteiger partial charge in [0.2, 0.25) is 0 Å². The van der Waals surface area contributed by atoms with E-state index in [2.05, 4.69) is 44.8 Å². The van der Waals surface area contributed by atoms with E-state index in [0.717, 1.165) is 13.1 Å². The Morgan fingerprint density at radius 2 is 1.86 bits per heavy atom. The van der Waals surface area contributed by atoms with Gasteiger partial charge in [-0.3, -0.25) is 4.90 Å². The molecule has 0 aromatic carbocycles. The summed E-state index contributed by atoms with van der Waals surface area (Å²) >= 11 is 0. The molecule has 0 aromatic heterocycles. The first kappa shape index (κ1) is 17.2. The molecule has 1 atom stereocenters. The van der Waals surface area contributed by atoms with Crippen molar-refractivity contribution in [3.63, 3.8) is 0 Å². The fraction of sp³-hybridized carbons (Fsp3) is 1.00. The van der Waals surface area contributed by atoms with Crippen molar-refractivity contribution in [3.05, 3.63) is 0 Å². The summed E-state index contributed by atoms with van der Waals surface area (Å²) in [5.74, 6) is 0. The minimum atomic E-state index is -0.000992. The minimum absolute atomic E-state index is 0.000992. The quantitative estimate of drug-likeness (QED) is 0.841. The van der Waals surface area contributed by atoms with Gasteiger partial charge in [-0.1, -0.05) is 33.1 Å². The minimum Gasteiger partial charge on any atom is -0.370 e. The van der Waals surface area contributed by atoms with Gasteiger partial charge in [0.25, 0.3) is 0 Å². The molecule has 3 heteroatoms. The van der Waals surface area contributed by atoms with Gasteiger partial charge in [0, 0.05) is 32.2 Å². The third-order valence-electron chi connectivity index (χ3n) is 5.00. The fourth-order valence-electron chi connectivity index (χ4n) is 4.29. The average molecular weight is 296 g/mol. The van der Waals surface area contributed by atoms with Crippen LogP contribution in [0.2, 0.25) is 0 Å². The van der Waals surface area contributed by atoms with Crippen molar-refractivity contribution in [2.75, 3.05) is 26.2 Å². The molecule has 0 amide bonds. The third-order valence-corrected chi connectivity index (χ3v) is 5.00. The second-order valence-corrected chi connectivity index (χ2v) is 8.45. The molecule has 3 nitrogen and oxygen atoms in total. The van der Waals surface area contributed by atoms with Gasteiger partial charge in [-0.25, -0.2) is 0 Å². The van der Waals surface area contributed by atoms with Crippen LogP contribution in [0.15, 0.2) is 0 Å². The molecule has 2 aliphatic rings. The summed E-state index contributed by atoms with van der Waals surface area (Å²) in [4.78, 5) is 2.67. The Morgan fingerprint density at radius 1 is 1.19 bits per heavy atom. The Kier molecular flexibility index (Phi) is 5.72. The summed E-state index contributed by atoms with van der Waals surface area (Å²) in [6.07, 6.45) is 7.37. The van der Waals surface area contributed by atoms with Gasteiger partial charge in [0.15, 0.2) is 0 Å². The molecule has 1 N–H and O–H groups in total. The van der Waals surface area contributed by atoms with Crippen LogP contribution < -0.4 is 5.32 Å². The van der Waals surface area contributed by atoms with Gasteiger partial charge in [-0.2, -0.15) is 0 Å². The molecular weight excluding hydrogens is 260 g/mol. The Hall–Kier alpha value is -0.120. The van der Waals surface area contributed by atoms with Crippen LogP contribution in [0, 0.1) is 5.41 Å². The highest BCUT2D eigenvalue weighted by Crippen LogP contribution is 2.37. The van der Waals surface area contributed by atoms with Crippen LogP contribution >= 0.6 is 0 Å². The van der Waals surface area contributed by atoms with E-state index in [4.69, 9.17) is 4.74 Å². The van der Waals surface area contributed by atoms with Gasteiger partial charge in [-0.15, -0.1) is 0 Å². The summed E-state index contributed by atoms with van der Waals surface area (Å²) in [6, 6.07) is 0.587. The predicted octanol–water partition coefficient (Wildman–Crippen LogP) is 3.43. The van der Waals surface area contributed by atoms with Crippen molar-refractivity contribution in [1.82, 2.24) is 10.2 Å². The molecule has 0 aromatic rings. The van der Waals surface area contributed by atoms with E-state index in [1.54, 1.807) is 0 Å². The number of nitrogens with zero attached hydrogens (tertiary/aromatic N) is 1. The summed E-state index contributed by atoms with van der Waals surface area (Å²) in [6.45, 7) is 15.8. The van der Waals surface area contributed by atoms with Crippen LogP contribution in [0.1, 0.15) is 66.7 Å². The molecule has 1 saturated heterocycles. The van der Waals surface area contributed by atoms with Crippen LogP contribution in [0.3, 0.4) is 0 Å². The average Bonchev–Trinajstić information content (AvgIpc) is 2.35. The number of hydrogen-bond donors (Lipinski definition) is 1. The Bertz CT molecular complexity index is 321. The molecule has 1 heterocycles. The monoisotopic (exact) mass is 296 g/mol. The molecule has 21 heavy (non-hydrogen) atoms. The molecule has 1 saturated carbocycles. The zero-order valence-corrected chi connectivity index (χ0v) is 14.9. The molecule has 1 aliphatic heterocycles. The van der Waals surface area contributed by atoms with Gasteiger partial charge in [-0.05, 0) is 39.0 Å². The first-order valence-corrected chi connectivity index (χ1v) is 8.94. The van der Waals surface area contributed by atoms with Crippen LogP contribution in [0.25, 0.3) is 0 Å². The molecule has 124 valence electrons. The zero-order valence-electron chi connectivity index (χ0n) is 14.9. The molecule has 2 fully saturated rings. The summed E-state index contributed by atoms with van der Waals surface area (Å²) in [5, 5.41) is 3.72. The fourth-order valence-corrected chi connectivity index (χ4v) is 4.29. The Balaban J connectivity index is 2.00. The van der Waals surface area contributed by atoms with E-state index >= 15 is 0 Å². The van der Waals surface area contributed by atoms with Crippen LogP contribution in [0.4, 0.5) is 0 Å². The molecule has 0 bridgehead atoms. The van der Waals surface area contributed by atoms with Crippen molar-refractivity contribution >= 4 is 0 Å². The third kappa shape index (κ3) is 5.22. The summed E-state index contributed by atoms with van der Waals surface area (Å²) in [5.41, 5.74) is 0.481. The van der Waals surface area contributed by atoms with Gasteiger partial charge >= 0.3 is 0 Å². The van der Waals surface area contributed by atoms with E-state index in [1.165, 1.54) is 45.2 Å². The van der Waals surface area contributed by atoms with Gasteiger partial charge in [0.1, 0.15) is 0 Å². The molecule has 2 rings (SSSR count). The maximum Gasteiger partial charge on any atom is 0.0757 e. The highest BCUT2D eigenvalue weighted by Gasteiger charge is 2.38. The molecule has 0 spiro atoms. The lowest BCUT2D eigenvalue weighted by molar-refractivity contribution is -0.136. The summed E-state index contributed by atoms with van der Waals surface area (Å²) < 4.78 is 6.07. The van der Waals surface area contributed by atoms with E-state index in [-0.39, 0.29) is 5.60 Å². The van der Waals surface area contributed by atoms with Crippen molar-refractivity contribution < 1.29 is 4.74 Å². The lowest BCUT2D eigenvalue weighted by Crippen LogP contribution is -2.56. The van der Waals surface area contributed by atoms with Gasteiger partial charge < -0.3 is 10.1 Å². The first-order chi connectivity index (χ1) is 9.80. The Labute approximate surface area is 131 Å². The number of morpholine rings is 1. The summed E-state index contributed by atoms with van der Waals surface area (Å²) in [7, 11) is 0. The first-order valence-electron chi connectivity index (χ1n) is 8.94. The standard InChI is InChI=1S/C18H36N2O/c1-15(2)19-12-18(9-7-6-8-10-18)14-20-11-16(3)21-17(4,5)13-20/h15-16,19H,6-14H2,1-5H3. The second-order valence-electron chi connectivity index (χ2n) is 8.45. The maximum absolute atomic E-state index is 6.07. The van der Waals surface area contributed by atoms with E-state index in [9.17, 15) is 0 Å². The number of nitrogens with one attached hydrogen (secondary N) is 1. The van der Waals surface area contributed by atoms with Crippen molar-refractivity contribution in [2.24, 2.45) is 5.41 Å². The highest BCUT2D eigenvalue weighted by molar-refractivity contribution is 4.92. The highest BCUT2D eigenvalue weighted by atomic mass is 16.5. The normalized spacial score (nSPS) is 29.7. The van der Waals surface area contributed by atoms with Crippen molar-refractivity contribution in [1.29, 1.82) is 0 Å². The smallest absolute Gasteiger partial charge is 0.0757 e.